The molecule has 1 aromatic carbocycles. The fourth-order valence-corrected chi connectivity index (χ4v) is 1.54. The van der Waals surface area contributed by atoms with Gasteiger partial charge in [-0.05, 0) is 24.1 Å². The first-order chi connectivity index (χ1) is 7.75. The van der Waals surface area contributed by atoms with Gasteiger partial charge in [-0.25, -0.2) is 9.37 Å². The monoisotopic (exact) mass is 219 g/mol. The summed E-state index contributed by atoms with van der Waals surface area (Å²) in [5.41, 5.74) is 2.80. The third kappa shape index (κ3) is 2.67. The van der Waals surface area contributed by atoms with Crippen molar-refractivity contribution in [1.82, 2.24) is 15.3 Å². The Balaban J connectivity index is 1.87. The van der Waals surface area contributed by atoms with Crippen molar-refractivity contribution in [3.05, 3.63) is 53.4 Å². The zero-order chi connectivity index (χ0) is 11.4. The molecule has 2 rings (SSSR count). The van der Waals surface area contributed by atoms with Crippen molar-refractivity contribution in [3.8, 4) is 0 Å². The smallest absolute Gasteiger partial charge is 0.126 e. The second-order valence-electron chi connectivity index (χ2n) is 3.76. The number of H-pyrrole nitrogens is 1. The molecule has 0 spiro atoms. The van der Waals surface area contributed by atoms with Gasteiger partial charge in [0.25, 0.3) is 0 Å². The molecule has 2 N–H and O–H groups in total. The van der Waals surface area contributed by atoms with E-state index in [0.717, 1.165) is 24.3 Å². The molecular weight excluding hydrogens is 205 g/mol. The van der Waals surface area contributed by atoms with E-state index in [1.54, 1.807) is 25.5 Å². The third-order valence-corrected chi connectivity index (χ3v) is 2.42. The number of hydrogen-bond acceptors (Lipinski definition) is 2. The van der Waals surface area contributed by atoms with E-state index in [-0.39, 0.29) is 5.82 Å². The Labute approximate surface area is 93.7 Å². The predicted octanol–water partition coefficient (Wildman–Crippen LogP) is 2.15. The van der Waals surface area contributed by atoms with Crippen molar-refractivity contribution in [2.75, 3.05) is 0 Å². The molecule has 3 nitrogen and oxygen atoms in total. The van der Waals surface area contributed by atoms with Gasteiger partial charge in [-0.3, -0.25) is 0 Å². The first kappa shape index (κ1) is 10.8. The summed E-state index contributed by atoms with van der Waals surface area (Å²) in [5, 5.41) is 3.26. The average Bonchev–Trinajstić information content (AvgIpc) is 2.76. The van der Waals surface area contributed by atoms with Crippen molar-refractivity contribution >= 4 is 0 Å². The molecule has 0 saturated carbocycles. The Hall–Kier alpha value is -1.68. The number of hydrogen-bond donors (Lipinski definition) is 2. The topological polar surface area (TPSA) is 40.7 Å². The summed E-state index contributed by atoms with van der Waals surface area (Å²) in [5.74, 6) is -0.155. The van der Waals surface area contributed by atoms with Gasteiger partial charge in [-0.15, -0.1) is 0 Å². The predicted molar refractivity (Wildman–Crippen MR) is 60.3 cm³/mol. The van der Waals surface area contributed by atoms with Crippen LogP contribution < -0.4 is 5.32 Å². The molecule has 0 aliphatic carbocycles. The van der Waals surface area contributed by atoms with Crippen molar-refractivity contribution < 1.29 is 4.39 Å². The van der Waals surface area contributed by atoms with Gasteiger partial charge in [0.05, 0.1) is 6.33 Å². The van der Waals surface area contributed by atoms with Crippen LogP contribution in [0, 0.1) is 12.7 Å². The van der Waals surface area contributed by atoms with E-state index >= 15 is 0 Å². The maximum absolute atomic E-state index is 13.0. The summed E-state index contributed by atoms with van der Waals surface area (Å²) in [4.78, 5) is 6.94. The lowest BCUT2D eigenvalue weighted by Crippen LogP contribution is -2.13. The number of aromatic amines is 1. The van der Waals surface area contributed by atoms with E-state index in [2.05, 4.69) is 15.3 Å². The Morgan fingerprint density at radius 1 is 1.38 bits per heavy atom. The quantitative estimate of drug-likeness (QED) is 0.827. The molecule has 0 aliphatic rings. The summed E-state index contributed by atoms with van der Waals surface area (Å²) in [7, 11) is 0. The van der Waals surface area contributed by atoms with Gasteiger partial charge in [-0.1, -0.05) is 12.1 Å². The lowest BCUT2D eigenvalue weighted by Gasteiger charge is -2.05. The highest BCUT2D eigenvalue weighted by atomic mass is 19.1. The Bertz CT molecular complexity index is 451. The molecule has 4 heteroatoms. The molecule has 1 aromatic heterocycles. The first-order valence-electron chi connectivity index (χ1n) is 5.18. The minimum Gasteiger partial charge on any atom is -0.347 e. The molecule has 16 heavy (non-hydrogen) atoms. The van der Waals surface area contributed by atoms with Crippen molar-refractivity contribution in [2.45, 2.75) is 20.0 Å². The number of nitrogens with zero attached hydrogens (tertiary/aromatic N) is 1. The van der Waals surface area contributed by atoms with Gasteiger partial charge < -0.3 is 10.3 Å². The second kappa shape index (κ2) is 4.90. The maximum Gasteiger partial charge on any atom is 0.126 e. The van der Waals surface area contributed by atoms with E-state index in [4.69, 9.17) is 0 Å². The van der Waals surface area contributed by atoms with Crippen molar-refractivity contribution in [1.29, 1.82) is 0 Å². The highest BCUT2D eigenvalue weighted by Crippen LogP contribution is 2.08. The van der Waals surface area contributed by atoms with Crippen molar-refractivity contribution in [3.63, 3.8) is 0 Å². The van der Waals surface area contributed by atoms with Gasteiger partial charge in [0.1, 0.15) is 5.82 Å². The number of aryl methyl sites for hydroxylation is 1. The van der Waals surface area contributed by atoms with Crippen LogP contribution in [0.25, 0.3) is 0 Å². The van der Waals surface area contributed by atoms with E-state index in [0.29, 0.717) is 5.56 Å². The molecule has 0 fully saturated rings. The second-order valence-corrected chi connectivity index (χ2v) is 3.76. The van der Waals surface area contributed by atoms with Gasteiger partial charge >= 0.3 is 0 Å². The summed E-state index contributed by atoms with van der Waals surface area (Å²) in [6.45, 7) is 3.23. The van der Waals surface area contributed by atoms with E-state index < -0.39 is 0 Å². The Morgan fingerprint density at radius 3 is 2.94 bits per heavy atom. The largest absolute Gasteiger partial charge is 0.347 e. The summed E-state index contributed by atoms with van der Waals surface area (Å²) in [6.07, 6.45) is 3.43. The van der Waals surface area contributed by atoms with Crippen LogP contribution in [0.1, 0.15) is 16.8 Å². The number of benzene rings is 1. The Kier molecular flexibility index (Phi) is 3.31. The lowest BCUT2D eigenvalue weighted by molar-refractivity contribution is 0.615. The van der Waals surface area contributed by atoms with Crippen LogP contribution in [0.15, 0.2) is 30.7 Å². The molecule has 1 heterocycles. The number of imidazole rings is 1. The highest BCUT2D eigenvalue weighted by Gasteiger charge is 1.99. The summed E-state index contributed by atoms with van der Waals surface area (Å²) >= 11 is 0. The standard InChI is InChI=1S/C12H14FN3/c1-9-4-10(2-3-12(9)13)5-14-6-11-7-15-8-16-11/h2-4,7-8,14H,5-6H2,1H3,(H,15,16). The van der Waals surface area contributed by atoms with Gasteiger partial charge in [-0.2, -0.15) is 0 Å². The van der Waals surface area contributed by atoms with Crippen LogP contribution in [0.4, 0.5) is 4.39 Å². The minimum atomic E-state index is -0.155. The van der Waals surface area contributed by atoms with Crippen LogP contribution in [0.2, 0.25) is 0 Å². The fourth-order valence-electron chi connectivity index (χ4n) is 1.54. The van der Waals surface area contributed by atoms with Crippen LogP contribution in [-0.4, -0.2) is 9.97 Å². The minimum absolute atomic E-state index is 0.155. The molecule has 0 unspecified atom stereocenters. The molecule has 2 aromatic rings. The highest BCUT2D eigenvalue weighted by molar-refractivity contribution is 5.23. The summed E-state index contributed by atoms with van der Waals surface area (Å²) in [6, 6.07) is 5.15. The normalized spacial score (nSPS) is 10.6. The van der Waals surface area contributed by atoms with Crippen LogP contribution in [0.5, 0.6) is 0 Å². The van der Waals surface area contributed by atoms with E-state index in [1.165, 1.54) is 6.07 Å². The SMILES string of the molecule is Cc1cc(CNCc2cnc[nH]2)ccc1F. The van der Waals surface area contributed by atoms with Crippen LogP contribution in [-0.2, 0) is 13.1 Å². The summed E-state index contributed by atoms with van der Waals surface area (Å²) < 4.78 is 13.0. The number of rotatable bonds is 4. The molecule has 0 aliphatic heterocycles. The molecule has 0 atom stereocenters. The van der Waals surface area contributed by atoms with Gasteiger partial charge in [0.15, 0.2) is 0 Å². The van der Waals surface area contributed by atoms with E-state index in [9.17, 15) is 4.39 Å². The molecular formula is C12H14FN3. The molecule has 0 amide bonds. The van der Waals surface area contributed by atoms with Crippen LogP contribution >= 0.6 is 0 Å². The Morgan fingerprint density at radius 2 is 2.25 bits per heavy atom. The fraction of sp³-hybridized carbons (Fsp3) is 0.250. The number of aromatic nitrogens is 2. The van der Waals surface area contributed by atoms with Gasteiger partial charge in [0.2, 0.25) is 0 Å². The molecule has 84 valence electrons. The molecule has 0 bridgehead atoms. The van der Waals surface area contributed by atoms with Crippen LogP contribution in [0.3, 0.4) is 0 Å². The van der Waals surface area contributed by atoms with E-state index in [1.807, 2.05) is 6.07 Å². The zero-order valence-electron chi connectivity index (χ0n) is 9.13. The number of halogens is 1. The average molecular weight is 219 g/mol. The molecule has 0 saturated heterocycles. The van der Waals surface area contributed by atoms with Gasteiger partial charge in [0, 0.05) is 25.0 Å². The third-order valence-electron chi connectivity index (χ3n) is 2.42. The number of nitrogens with one attached hydrogen (secondary N) is 2. The zero-order valence-corrected chi connectivity index (χ0v) is 9.13. The molecule has 0 radical (unpaired) electrons. The maximum atomic E-state index is 13.0. The first-order valence-corrected chi connectivity index (χ1v) is 5.18. The lowest BCUT2D eigenvalue weighted by atomic mass is 10.1. The van der Waals surface area contributed by atoms with Crippen molar-refractivity contribution in [2.24, 2.45) is 0 Å².